The van der Waals surface area contributed by atoms with Crippen molar-refractivity contribution in [2.75, 3.05) is 7.11 Å². The van der Waals surface area contributed by atoms with Gasteiger partial charge in [0.1, 0.15) is 34.2 Å². The standard InChI is InChI=1S/C14H18N2O2.C14H21NO2.C9H14N2O2.2C8H12N2O2.C8H7NO3.C7H5NO4.C7H7NO3.C7H7NO2.C6H8NO3P.C4H3NO2S/c17-13(18)12-1-2-16(15-12)14-6-9-3-10(7-14)5-11(4-9)8-14;1-3-5-7-11(4-2)10-12-8-6-9-13(15-12)14(16)17;1-3-7(4-2)11-6-5-8(10-11)9(12)13;1-8(2,3)10-5-4-6(9-10)7(11)12;1-2-3-5-10-6-4-7(9-10)8(11)12;1-5(10)6-3-2-4-7(9-6)8(11)12;9-6(10)4-2-1-3-5(8-4)7(11)12;1-11-6-4-2-3-5(8-6)7(9)10;1-5-3-2-4-6(8-5)7(9)10;1-5-3-2-4-6(7-5)11(8,9)10;6-4(7)3-5-1-2-8-3/h1-2,9-11H,3-8H2,(H,17,18);6,8-9,11H,3-5,7,10H2,1-2H3,(H,16,17);5-7H,3-4H2,1-2H3,(H,12,13);4-5H,1-3H3,(H,11,12);4,6H,2-3,5H2,1H3,(H,11,12);2-4H,1H3,(H,11,12);1-3H,(H,9,10)(H,11,12);2-4H,1H3,(H,9,10);2-4H,1H3,(H,9,10);2-4H,1H3,(H2,8,9,10);1-2H,(H,6,7). The zero-order valence-corrected chi connectivity index (χ0v) is 78.7. The molecule has 1 atom stereocenters. The Bertz CT molecular complexity index is 5660. The lowest BCUT2D eigenvalue weighted by molar-refractivity contribution is -0.0495. The fourth-order valence-electron chi connectivity index (χ4n) is 13.8. The predicted octanol–water partition coefficient (Wildman–Crippen LogP) is 15.1. The maximum absolute atomic E-state index is 11.0. The van der Waals surface area contributed by atoms with Crippen molar-refractivity contribution in [1.82, 2.24) is 74.0 Å². The molecule has 4 fully saturated rings. The monoisotopic (exact) mass is 1920 g/mol. The van der Waals surface area contributed by atoms with Gasteiger partial charge in [-0.1, -0.05) is 103 Å². The number of methoxy groups -OCH3 is 1. The van der Waals surface area contributed by atoms with Crippen molar-refractivity contribution in [3.63, 3.8) is 0 Å². The molecule has 0 radical (unpaired) electrons. The maximum Gasteiger partial charge on any atom is 0.374 e. The molecule has 44 heteroatoms. The fraction of sp³-hybridized carbons (Fsp3) is 0.380. The number of aryl methyl sites for hydroxylation is 3. The van der Waals surface area contributed by atoms with Crippen LogP contribution >= 0.6 is 18.9 Å². The normalized spacial score (nSPS) is 14.5. The number of carbonyl (C=O) groups is 12. The predicted molar refractivity (Wildman–Crippen MR) is 493 cm³/mol. The van der Waals surface area contributed by atoms with E-state index in [-0.39, 0.29) is 89.9 Å². The number of aromatic carboxylic acids is 11. The number of hydrogen-bond donors (Lipinski definition) is 13. The van der Waals surface area contributed by atoms with E-state index in [9.17, 15) is 62.1 Å². The van der Waals surface area contributed by atoms with E-state index in [1.807, 2.05) is 37.7 Å². The molecule has 4 bridgehead atoms. The number of rotatable bonds is 27. The van der Waals surface area contributed by atoms with Crippen LogP contribution in [-0.2, 0) is 28.6 Å². The number of thiazole rings is 1. The number of carboxylic acid groups (broad SMARTS) is 11. The van der Waals surface area contributed by atoms with Crippen molar-refractivity contribution in [3.8, 4) is 5.88 Å². The molecule has 11 aromatic heterocycles. The molecule has 4 aliphatic rings. The molecule has 0 amide bonds. The van der Waals surface area contributed by atoms with Gasteiger partial charge in [0.25, 0.3) is 0 Å². The van der Waals surface area contributed by atoms with Gasteiger partial charge in [-0.3, -0.25) is 28.1 Å². The molecule has 0 saturated heterocycles. The van der Waals surface area contributed by atoms with Crippen LogP contribution in [-0.4, -0.2) is 219 Å². The molecule has 42 nitrogen and oxygen atoms in total. The van der Waals surface area contributed by atoms with E-state index >= 15 is 0 Å². The maximum atomic E-state index is 11.0. The van der Waals surface area contributed by atoms with Crippen molar-refractivity contribution in [1.29, 1.82) is 0 Å². The average Bonchev–Trinajstić information content (AvgIpc) is 1.30. The Morgan fingerprint density at radius 2 is 0.868 bits per heavy atom. The molecule has 136 heavy (non-hydrogen) atoms. The smallest absolute Gasteiger partial charge is 0.374 e. The van der Waals surface area contributed by atoms with Crippen LogP contribution in [0.1, 0.15) is 301 Å². The number of nitrogens with zero attached hydrogens (tertiary/aromatic N) is 15. The summed E-state index contributed by atoms with van der Waals surface area (Å²) >= 11 is 1.12. The zero-order chi connectivity index (χ0) is 102. The number of ether oxygens (including phenoxy) is 1. The Kier molecular flexibility index (Phi) is 46.9. The molecule has 0 aliphatic heterocycles. The van der Waals surface area contributed by atoms with Crippen molar-refractivity contribution < 1.29 is 133 Å². The Labute approximate surface area is 786 Å². The summed E-state index contributed by atoms with van der Waals surface area (Å²) in [5.74, 6) is -8.13. The Morgan fingerprint density at radius 3 is 1.24 bits per heavy atom. The summed E-state index contributed by atoms with van der Waals surface area (Å²) in [5.41, 5.74) is 2.31. The summed E-state index contributed by atoms with van der Waals surface area (Å²) in [7, 11) is -2.72. The third kappa shape index (κ3) is 39.5. The minimum absolute atomic E-state index is 0.00986. The number of hydrogen-bond acceptors (Lipinski definition) is 26. The van der Waals surface area contributed by atoms with Crippen LogP contribution in [0.15, 0.2) is 170 Å². The van der Waals surface area contributed by atoms with E-state index in [4.69, 9.17) is 70.7 Å². The highest BCUT2D eigenvalue weighted by Crippen LogP contribution is 2.58. The van der Waals surface area contributed by atoms with Crippen LogP contribution in [0.5, 0.6) is 5.88 Å². The summed E-state index contributed by atoms with van der Waals surface area (Å²) < 4.78 is 22.4. The number of Topliss-reactive ketones (excluding diaryl/α,β-unsaturated/α-hetero) is 1. The number of carboxylic acids is 11. The molecule has 1 unspecified atom stereocenters. The number of ketones is 1. The summed E-state index contributed by atoms with van der Waals surface area (Å²) in [6.45, 7) is 22.1. The molecule has 4 aliphatic carbocycles. The summed E-state index contributed by atoms with van der Waals surface area (Å²) in [5, 5.41) is 112. The van der Waals surface area contributed by atoms with E-state index in [0.717, 1.165) is 85.5 Å². The highest BCUT2D eigenvalue weighted by atomic mass is 32.1. The molecular formula is C92H114N15O27PS. The number of carbonyl (C=O) groups excluding carboxylic acids is 1. The minimum Gasteiger partial charge on any atom is -0.481 e. The van der Waals surface area contributed by atoms with Gasteiger partial charge < -0.3 is 70.7 Å². The van der Waals surface area contributed by atoms with Crippen LogP contribution in [0.3, 0.4) is 0 Å². The third-order valence-electron chi connectivity index (χ3n) is 20.2. The molecule has 4 saturated carbocycles. The van der Waals surface area contributed by atoms with Crippen LogP contribution in [0.25, 0.3) is 0 Å². The summed E-state index contributed by atoms with van der Waals surface area (Å²) in [6.07, 6.45) is 26.0. The molecule has 15 rings (SSSR count). The SMILES string of the molecule is CC(=O)c1cccc(C(=O)O)n1.CC(C)(C)n1ccc(C(=O)O)n1.CCC(CC)n1ccc(C(=O)O)n1.CCCCC(CC)Cc1cccc(C(=O)O)n1.CCCCn1ccc(C(=O)O)n1.COc1cccc(C(=O)O)n1.Cc1cccc(C(=O)O)n1.Cc1cccc(P(=O)(O)O)n1.O=C(O)c1cccc(C(=O)O)n1.O=C(O)c1ccn(C23CC4CC(CC(C4)C2)C3)n1.O=C(O)c1nccs1. The van der Waals surface area contributed by atoms with Crippen molar-refractivity contribution in [3.05, 3.63) is 255 Å². The summed E-state index contributed by atoms with van der Waals surface area (Å²) in [6, 6.07) is 33.9. The van der Waals surface area contributed by atoms with Gasteiger partial charge in [0.05, 0.1) is 24.2 Å². The molecular weight excluding hydrogens is 1810 g/mol. The first kappa shape index (κ1) is 113. The van der Waals surface area contributed by atoms with Gasteiger partial charge in [0.2, 0.25) is 10.9 Å². The highest BCUT2D eigenvalue weighted by Gasteiger charge is 2.52. The number of unbranched alkanes of at least 4 members (excludes halogenated alkanes) is 2. The first-order valence-electron chi connectivity index (χ1n) is 42.6. The number of pyridine rings is 6. The highest BCUT2D eigenvalue weighted by molar-refractivity contribution is 7.60. The van der Waals surface area contributed by atoms with E-state index in [1.165, 1.54) is 151 Å². The van der Waals surface area contributed by atoms with E-state index in [1.54, 1.807) is 106 Å². The number of aromatic nitrogens is 15. The molecule has 0 spiro atoms. The second kappa shape index (κ2) is 56.3. The second-order valence-electron chi connectivity index (χ2n) is 31.7. The molecule has 0 aromatic carbocycles. The quantitative estimate of drug-likeness (QED) is 0.0168. The fourth-order valence-corrected chi connectivity index (χ4v) is 14.8. The van der Waals surface area contributed by atoms with Crippen molar-refractivity contribution in [2.45, 2.75) is 196 Å². The van der Waals surface area contributed by atoms with Crippen LogP contribution in [0.2, 0.25) is 0 Å². The second-order valence-corrected chi connectivity index (χ2v) is 34.1. The minimum atomic E-state index is -4.16. The van der Waals surface area contributed by atoms with Crippen LogP contribution < -0.4 is 10.2 Å². The Hall–Kier alpha value is -14.8. The lowest BCUT2D eigenvalue weighted by Gasteiger charge is -2.56. The van der Waals surface area contributed by atoms with Gasteiger partial charge in [-0.2, -0.15) is 20.4 Å². The van der Waals surface area contributed by atoms with Crippen molar-refractivity contribution >= 4 is 95.8 Å². The van der Waals surface area contributed by atoms with E-state index < -0.39 is 73.3 Å². The molecule has 730 valence electrons. The zero-order valence-electron chi connectivity index (χ0n) is 77.0. The lowest BCUT2D eigenvalue weighted by atomic mass is 9.53. The van der Waals surface area contributed by atoms with E-state index in [0.29, 0.717) is 23.5 Å². The third-order valence-corrected chi connectivity index (χ3v) is 21.8. The molecule has 11 aromatic rings. The Morgan fingerprint density at radius 1 is 0.456 bits per heavy atom. The van der Waals surface area contributed by atoms with Crippen LogP contribution in [0, 0.1) is 37.5 Å². The van der Waals surface area contributed by atoms with Gasteiger partial charge >= 0.3 is 73.3 Å². The van der Waals surface area contributed by atoms with Gasteiger partial charge in [-0.25, -0.2) is 87.6 Å². The first-order chi connectivity index (χ1) is 64.1. The van der Waals surface area contributed by atoms with Gasteiger partial charge in [0.15, 0.2) is 39.7 Å². The van der Waals surface area contributed by atoms with Gasteiger partial charge in [-0.05, 0) is 213 Å². The van der Waals surface area contributed by atoms with Crippen LogP contribution in [0.4, 0.5) is 0 Å². The molecule has 13 N–H and O–H groups in total. The van der Waals surface area contributed by atoms with Gasteiger partial charge in [0, 0.05) is 73.0 Å². The molecule has 11 heterocycles. The van der Waals surface area contributed by atoms with E-state index in [2.05, 4.69) is 89.9 Å². The Balaban J connectivity index is 0.000000315. The average molecular weight is 1930 g/mol. The lowest BCUT2D eigenvalue weighted by Crippen LogP contribution is -2.52. The largest absolute Gasteiger partial charge is 0.481 e. The van der Waals surface area contributed by atoms with Gasteiger partial charge in [-0.15, -0.1) is 11.3 Å². The first-order valence-corrected chi connectivity index (χ1v) is 45.1. The summed E-state index contributed by atoms with van der Waals surface area (Å²) in [4.78, 5) is 169. The van der Waals surface area contributed by atoms with Crippen molar-refractivity contribution in [2.24, 2.45) is 23.7 Å². The topological polar surface area (TPSA) is 656 Å².